The van der Waals surface area contributed by atoms with Gasteiger partial charge in [-0.15, -0.1) is 0 Å². The third-order valence-electron chi connectivity index (χ3n) is 2.46. The van der Waals surface area contributed by atoms with Crippen LogP contribution in [0.3, 0.4) is 0 Å². The monoisotopic (exact) mass is 216 g/mol. The van der Waals surface area contributed by atoms with Crippen LogP contribution in [0.15, 0.2) is 18.2 Å². The average molecular weight is 216 g/mol. The molecule has 4 heteroatoms. The van der Waals surface area contributed by atoms with Crippen molar-refractivity contribution in [1.29, 1.82) is 0 Å². The summed E-state index contributed by atoms with van der Waals surface area (Å²) in [5, 5.41) is 9.80. The van der Waals surface area contributed by atoms with Gasteiger partial charge in [0, 0.05) is 7.11 Å². The largest absolute Gasteiger partial charge is 0.385 e. The molecule has 1 aromatic rings. The first-order valence-electron chi connectivity index (χ1n) is 4.57. The van der Waals surface area contributed by atoms with Crippen LogP contribution in [0.25, 0.3) is 0 Å². The lowest BCUT2D eigenvalue weighted by atomic mass is 9.94. The number of ether oxygens (including phenoxy) is 1. The van der Waals surface area contributed by atoms with E-state index in [0.717, 1.165) is 12.1 Å². The van der Waals surface area contributed by atoms with Crippen LogP contribution < -0.4 is 0 Å². The summed E-state index contributed by atoms with van der Waals surface area (Å²) < 4.78 is 31.6. The summed E-state index contributed by atoms with van der Waals surface area (Å²) >= 11 is 0. The van der Waals surface area contributed by atoms with Crippen molar-refractivity contribution in [3.05, 3.63) is 35.4 Å². The van der Waals surface area contributed by atoms with E-state index in [1.807, 2.05) is 0 Å². The molecule has 0 fully saturated rings. The van der Waals surface area contributed by atoms with E-state index in [1.54, 1.807) is 13.8 Å². The van der Waals surface area contributed by atoms with Crippen LogP contribution in [0.4, 0.5) is 8.78 Å². The van der Waals surface area contributed by atoms with Crippen LogP contribution in [-0.2, 0) is 4.74 Å². The van der Waals surface area contributed by atoms with Crippen molar-refractivity contribution in [1.82, 2.24) is 0 Å². The predicted molar refractivity (Wildman–Crippen MR) is 52.4 cm³/mol. The van der Waals surface area contributed by atoms with E-state index in [-0.39, 0.29) is 5.56 Å². The maximum absolute atomic E-state index is 13.3. The average Bonchev–Trinajstić information content (AvgIpc) is 2.17. The highest BCUT2D eigenvalue weighted by molar-refractivity contribution is 5.24. The fourth-order valence-electron chi connectivity index (χ4n) is 1.23. The minimum atomic E-state index is -1.34. The quantitative estimate of drug-likeness (QED) is 0.840. The molecule has 15 heavy (non-hydrogen) atoms. The first-order chi connectivity index (χ1) is 6.90. The summed E-state index contributed by atoms with van der Waals surface area (Å²) in [6, 6.07) is 3.46. The lowest BCUT2D eigenvalue weighted by Crippen LogP contribution is -2.32. The summed E-state index contributed by atoms with van der Waals surface area (Å²) in [5.41, 5.74) is -1.40. The Kier molecular flexibility index (Phi) is 3.42. The molecule has 0 aliphatic rings. The minimum Gasteiger partial charge on any atom is -0.385 e. The van der Waals surface area contributed by atoms with Crippen LogP contribution in [0, 0.1) is 11.6 Å². The van der Waals surface area contributed by atoms with Gasteiger partial charge in [0.2, 0.25) is 0 Å². The molecule has 0 spiro atoms. The number of halogens is 2. The molecule has 1 N–H and O–H groups in total. The van der Waals surface area contributed by atoms with Crippen molar-refractivity contribution < 1.29 is 18.6 Å². The Morgan fingerprint density at radius 1 is 1.27 bits per heavy atom. The van der Waals surface area contributed by atoms with Gasteiger partial charge in [-0.05, 0) is 26.0 Å². The van der Waals surface area contributed by atoms with E-state index >= 15 is 0 Å². The van der Waals surface area contributed by atoms with Crippen LogP contribution in [-0.4, -0.2) is 17.8 Å². The third kappa shape index (κ3) is 2.33. The fraction of sp³-hybridized carbons (Fsp3) is 0.455. The molecule has 0 aromatic heterocycles. The molecular weight excluding hydrogens is 202 g/mol. The van der Waals surface area contributed by atoms with Gasteiger partial charge in [-0.1, -0.05) is 6.07 Å². The van der Waals surface area contributed by atoms with Gasteiger partial charge >= 0.3 is 0 Å². The SMILES string of the molecule is COC(C)(C)C(O)c1c(F)cccc1F. The lowest BCUT2D eigenvalue weighted by molar-refractivity contribution is -0.0819. The molecule has 0 amide bonds. The maximum atomic E-state index is 13.3. The van der Waals surface area contributed by atoms with Crippen molar-refractivity contribution in [3.63, 3.8) is 0 Å². The predicted octanol–water partition coefficient (Wildman–Crippen LogP) is 2.42. The Hall–Kier alpha value is -1.00. The number of aliphatic hydroxyl groups is 1. The molecule has 0 aliphatic heterocycles. The summed E-state index contributed by atoms with van der Waals surface area (Å²) in [4.78, 5) is 0. The van der Waals surface area contributed by atoms with Gasteiger partial charge < -0.3 is 9.84 Å². The topological polar surface area (TPSA) is 29.5 Å². The summed E-state index contributed by atoms with van der Waals surface area (Å²) in [5.74, 6) is -1.54. The van der Waals surface area contributed by atoms with E-state index in [1.165, 1.54) is 13.2 Å². The first kappa shape index (κ1) is 12.1. The van der Waals surface area contributed by atoms with Gasteiger partial charge in [-0.2, -0.15) is 0 Å². The van der Waals surface area contributed by atoms with Gasteiger partial charge in [0.05, 0.1) is 11.2 Å². The molecule has 0 heterocycles. The summed E-state index contributed by atoms with van der Waals surface area (Å²) in [6.07, 6.45) is -1.34. The smallest absolute Gasteiger partial charge is 0.132 e. The van der Waals surface area contributed by atoms with Crippen molar-refractivity contribution in [2.75, 3.05) is 7.11 Å². The molecule has 2 nitrogen and oxygen atoms in total. The fourth-order valence-corrected chi connectivity index (χ4v) is 1.23. The summed E-state index contributed by atoms with van der Waals surface area (Å²) in [7, 11) is 1.38. The molecular formula is C11H14F2O2. The molecule has 0 aliphatic carbocycles. The van der Waals surface area contributed by atoms with E-state index < -0.39 is 23.3 Å². The Morgan fingerprint density at radius 3 is 2.13 bits per heavy atom. The Balaban J connectivity index is 3.16. The lowest BCUT2D eigenvalue weighted by Gasteiger charge is -2.29. The molecule has 1 aromatic carbocycles. The Labute approximate surface area is 87.5 Å². The van der Waals surface area contributed by atoms with Gasteiger partial charge in [0.1, 0.15) is 17.7 Å². The van der Waals surface area contributed by atoms with Crippen molar-refractivity contribution in [2.24, 2.45) is 0 Å². The molecule has 0 radical (unpaired) electrons. The second-order valence-corrected chi connectivity index (χ2v) is 3.85. The molecule has 1 atom stereocenters. The first-order valence-corrected chi connectivity index (χ1v) is 4.57. The van der Waals surface area contributed by atoms with Crippen molar-refractivity contribution in [2.45, 2.75) is 25.6 Å². The van der Waals surface area contributed by atoms with Crippen molar-refractivity contribution >= 4 is 0 Å². The third-order valence-corrected chi connectivity index (χ3v) is 2.46. The van der Waals surface area contributed by atoms with Crippen molar-refractivity contribution in [3.8, 4) is 0 Å². The molecule has 0 saturated carbocycles. The van der Waals surface area contributed by atoms with E-state index in [0.29, 0.717) is 0 Å². The Bertz CT molecular complexity index is 330. The molecule has 0 saturated heterocycles. The number of hydrogen-bond acceptors (Lipinski definition) is 2. The van der Waals surface area contributed by atoms with Crippen LogP contribution in [0.5, 0.6) is 0 Å². The zero-order valence-electron chi connectivity index (χ0n) is 8.92. The number of rotatable bonds is 3. The van der Waals surface area contributed by atoms with Gasteiger partial charge in [-0.25, -0.2) is 8.78 Å². The maximum Gasteiger partial charge on any atom is 0.132 e. The number of benzene rings is 1. The summed E-state index contributed by atoms with van der Waals surface area (Å²) in [6.45, 7) is 3.12. The van der Waals surface area contributed by atoms with E-state index in [4.69, 9.17) is 4.74 Å². The Morgan fingerprint density at radius 2 is 1.73 bits per heavy atom. The van der Waals surface area contributed by atoms with Crippen LogP contribution in [0.2, 0.25) is 0 Å². The van der Waals surface area contributed by atoms with Gasteiger partial charge in [0.15, 0.2) is 0 Å². The van der Waals surface area contributed by atoms with Crippen LogP contribution >= 0.6 is 0 Å². The number of hydrogen-bond donors (Lipinski definition) is 1. The molecule has 1 unspecified atom stereocenters. The number of aliphatic hydroxyl groups excluding tert-OH is 1. The second-order valence-electron chi connectivity index (χ2n) is 3.85. The normalized spacial score (nSPS) is 14.0. The van der Waals surface area contributed by atoms with Crippen LogP contribution in [0.1, 0.15) is 25.5 Å². The zero-order chi connectivity index (χ0) is 11.6. The van der Waals surface area contributed by atoms with Gasteiger partial charge in [-0.3, -0.25) is 0 Å². The molecule has 1 rings (SSSR count). The molecule has 0 bridgehead atoms. The molecule has 84 valence electrons. The standard InChI is InChI=1S/C11H14F2O2/c1-11(2,15-3)10(14)9-7(12)5-4-6-8(9)13/h4-6,10,14H,1-3H3. The van der Waals surface area contributed by atoms with E-state index in [9.17, 15) is 13.9 Å². The number of methoxy groups -OCH3 is 1. The highest BCUT2D eigenvalue weighted by Gasteiger charge is 2.32. The van der Waals surface area contributed by atoms with Gasteiger partial charge in [0.25, 0.3) is 0 Å². The second kappa shape index (κ2) is 4.24. The highest BCUT2D eigenvalue weighted by Crippen LogP contribution is 2.31. The minimum absolute atomic E-state index is 0.357. The van der Waals surface area contributed by atoms with E-state index in [2.05, 4.69) is 0 Å². The zero-order valence-corrected chi connectivity index (χ0v) is 8.92. The highest BCUT2D eigenvalue weighted by atomic mass is 19.1.